The van der Waals surface area contributed by atoms with Gasteiger partial charge in [0.1, 0.15) is 0 Å². The Hall–Kier alpha value is -1.60. The first-order valence-electron chi connectivity index (χ1n) is 6.39. The second kappa shape index (κ2) is 5.83. The Balaban J connectivity index is 2.28. The fraction of sp³-hybridized carbons (Fsp3) is 0.294. The van der Waals surface area contributed by atoms with Gasteiger partial charge in [0.2, 0.25) is 0 Å². The van der Waals surface area contributed by atoms with Crippen LogP contribution < -0.4 is 0 Å². The Morgan fingerprint density at radius 2 is 1.67 bits per heavy atom. The van der Waals surface area contributed by atoms with Crippen LogP contribution in [0.1, 0.15) is 30.9 Å². The van der Waals surface area contributed by atoms with Gasteiger partial charge in [-0.2, -0.15) is 0 Å². The van der Waals surface area contributed by atoms with Crippen LogP contribution in [0.3, 0.4) is 0 Å². The van der Waals surface area contributed by atoms with Crippen LogP contribution in [0.4, 0.5) is 0 Å². The van der Waals surface area contributed by atoms with Crippen LogP contribution in [-0.2, 0) is 11.3 Å². The molecule has 0 N–H and O–H groups in total. The lowest BCUT2D eigenvalue weighted by Gasteiger charge is -2.09. The predicted octanol–water partition coefficient (Wildman–Crippen LogP) is 4.62. The summed E-state index contributed by atoms with van der Waals surface area (Å²) in [6, 6.07) is 17.3. The van der Waals surface area contributed by atoms with Crippen LogP contribution >= 0.6 is 0 Å². The maximum absolute atomic E-state index is 5.12. The lowest BCUT2D eigenvalue weighted by Crippen LogP contribution is -1.89. The van der Waals surface area contributed by atoms with E-state index < -0.39 is 0 Å². The first kappa shape index (κ1) is 12.8. The summed E-state index contributed by atoms with van der Waals surface area (Å²) in [6.07, 6.45) is 0. The van der Waals surface area contributed by atoms with Crippen molar-refractivity contribution in [3.8, 4) is 11.1 Å². The zero-order valence-electron chi connectivity index (χ0n) is 11.3. The van der Waals surface area contributed by atoms with Crippen molar-refractivity contribution in [1.29, 1.82) is 0 Å². The number of benzene rings is 2. The highest BCUT2D eigenvalue weighted by Gasteiger charge is 2.02. The van der Waals surface area contributed by atoms with E-state index in [1.165, 1.54) is 22.3 Å². The molecule has 94 valence electrons. The monoisotopic (exact) mass is 240 g/mol. The minimum atomic E-state index is 0.567. The molecule has 0 amide bonds. The molecular weight excluding hydrogens is 220 g/mol. The van der Waals surface area contributed by atoms with E-state index in [2.05, 4.69) is 62.4 Å². The van der Waals surface area contributed by atoms with Crippen molar-refractivity contribution in [2.24, 2.45) is 0 Å². The Labute approximate surface area is 109 Å². The second-order valence-electron chi connectivity index (χ2n) is 4.91. The molecule has 1 nitrogen and oxygen atoms in total. The second-order valence-corrected chi connectivity index (χ2v) is 4.91. The van der Waals surface area contributed by atoms with Gasteiger partial charge in [-0.25, -0.2) is 0 Å². The smallest absolute Gasteiger partial charge is 0.0713 e. The SMILES string of the molecule is COCc1ccc(-c2cccc(C(C)C)c2)cc1. The van der Waals surface area contributed by atoms with Gasteiger partial charge in [0.05, 0.1) is 6.61 Å². The van der Waals surface area contributed by atoms with Crippen LogP contribution in [0.25, 0.3) is 11.1 Å². The zero-order valence-corrected chi connectivity index (χ0v) is 11.3. The molecule has 2 aromatic carbocycles. The summed E-state index contributed by atoms with van der Waals surface area (Å²) in [5.74, 6) is 0.567. The third kappa shape index (κ3) is 2.99. The maximum atomic E-state index is 5.12. The summed E-state index contributed by atoms with van der Waals surface area (Å²) < 4.78 is 5.12. The van der Waals surface area contributed by atoms with Crippen molar-refractivity contribution in [1.82, 2.24) is 0 Å². The maximum Gasteiger partial charge on any atom is 0.0713 e. The zero-order chi connectivity index (χ0) is 13.0. The molecule has 0 bridgehead atoms. The summed E-state index contributed by atoms with van der Waals surface area (Å²) >= 11 is 0. The molecule has 0 radical (unpaired) electrons. The fourth-order valence-electron chi connectivity index (χ4n) is 2.04. The minimum Gasteiger partial charge on any atom is -0.380 e. The standard InChI is InChI=1S/C17H20O/c1-13(2)16-5-4-6-17(11-16)15-9-7-14(8-10-15)12-18-3/h4-11,13H,12H2,1-3H3. The van der Waals surface area contributed by atoms with Crippen LogP contribution in [0.5, 0.6) is 0 Å². The molecule has 0 aromatic heterocycles. The fourth-order valence-corrected chi connectivity index (χ4v) is 2.04. The van der Waals surface area contributed by atoms with Crippen molar-refractivity contribution in [2.75, 3.05) is 7.11 Å². The van der Waals surface area contributed by atoms with Gasteiger partial charge in [-0.05, 0) is 28.2 Å². The predicted molar refractivity (Wildman–Crippen MR) is 76.7 cm³/mol. The first-order valence-corrected chi connectivity index (χ1v) is 6.39. The topological polar surface area (TPSA) is 9.23 Å². The van der Waals surface area contributed by atoms with Crippen LogP contribution in [-0.4, -0.2) is 7.11 Å². The van der Waals surface area contributed by atoms with Crippen molar-refractivity contribution in [3.63, 3.8) is 0 Å². The van der Waals surface area contributed by atoms with Crippen molar-refractivity contribution in [3.05, 3.63) is 59.7 Å². The molecule has 2 aromatic rings. The van der Waals surface area contributed by atoms with Crippen molar-refractivity contribution in [2.45, 2.75) is 26.4 Å². The van der Waals surface area contributed by atoms with E-state index in [0.29, 0.717) is 12.5 Å². The van der Waals surface area contributed by atoms with E-state index >= 15 is 0 Å². The van der Waals surface area contributed by atoms with Crippen LogP contribution in [0.2, 0.25) is 0 Å². The molecule has 0 saturated heterocycles. The summed E-state index contributed by atoms with van der Waals surface area (Å²) in [4.78, 5) is 0. The number of rotatable bonds is 4. The van der Waals surface area contributed by atoms with Gasteiger partial charge in [0.15, 0.2) is 0 Å². The summed E-state index contributed by atoms with van der Waals surface area (Å²) in [7, 11) is 1.72. The molecule has 0 aliphatic carbocycles. The molecule has 0 spiro atoms. The summed E-state index contributed by atoms with van der Waals surface area (Å²) in [6.45, 7) is 5.12. The highest BCUT2D eigenvalue weighted by molar-refractivity contribution is 5.64. The molecule has 2 rings (SSSR count). The Bertz CT molecular complexity index is 497. The lowest BCUT2D eigenvalue weighted by molar-refractivity contribution is 0.185. The minimum absolute atomic E-state index is 0.567. The number of methoxy groups -OCH3 is 1. The Morgan fingerprint density at radius 3 is 2.28 bits per heavy atom. The molecular formula is C17H20O. The summed E-state index contributed by atoms with van der Waals surface area (Å²) in [5, 5.41) is 0. The van der Waals surface area contributed by atoms with E-state index in [1.807, 2.05) is 0 Å². The lowest BCUT2D eigenvalue weighted by atomic mass is 9.97. The van der Waals surface area contributed by atoms with E-state index in [-0.39, 0.29) is 0 Å². The molecule has 0 heterocycles. The average molecular weight is 240 g/mol. The summed E-state index contributed by atoms with van der Waals surface area (Å²) in [5.41, 5.74) is 5.14. The van der Waals surface area contributed by atoms with Gasteiger partial charge >= 0.3 is 0 Å². The molecule has 0 atom stereocenters. The number of hydrogen-bond acceptors (Lipinski definition) is 1. The van der Waals surface area contributed by atoms with Gasteiger partial charge < -0.3 is 4.74 Å². The number of hydrogen-bond donors (Lipinski definition) is 0. The van der Waals surface area contributed by atoms with Crippen molar-refractivity contribution < 1.29 is 4.74 Å². The molecule has 0 fully saturated rings. The van der Waals surface area contributed by atoms with Gasteiger partial charge in [0, 0.05) is 7.11 Å². The van der Waals surface area contributed by atoms with E-state index in [9.17, 15) is 0 Å². The third-order valence-electron chi connectivity index (χ3n) is 3.15. The first-order chi connectivity index (χ1) is 8.70. The molecule has 0 aliphatic heterocycles. The molecule has 0 unspecified atom stereocenters. The quantitative estimate of drug-likeness (QED) is 0.757. The Kier molecular flexibility index (Phi) is 4.16. The van der Waals surface area contributed by atoms with E-state index in [4.69, 9.17) is 4.74 Å². The van der Waals surface area contributed by atoms with Gasteiger partial charge in [0.25, 0.3) is 0 Å². The molecule has 1 heteroatoms. The average Bonchev–Trinajstić information content (AvgIpc) is 2.40. The van der Waals surface area contributed by atoms with E-state index in [0.717, 1.165) is 0 Å². The third-order valence-corrected chi connectivity index (χ3v) is 3.15. The molecule has 18 heavy (non-hydrogen) atoms. The molecule has 0 aliphatic rings. The highest BCUT2D eigenvalue weighted by atomic mass is 16.5. The van der Waals surface area contributed by atoms with Crippen molar-refractivity contribution >= 4 is 0 Å². The van der Waals surface area contributed by atoms with Gasteiger partial charge in [-0.1, -0.05) is 62.4 Å². The Morgan fingerprint density at radius 1 is 0.944 bits per heavy atom. The van der Waals surface area contributed by atoms with Crippen LogP contribution in [0.15, 0.2) is 48.5 Å². The van der Waals surface area contributed by atoms with Gasteiger partial charge in [-0.15, -0.1) is 0 Å². The van der Waals surface area contributed by atoms with Gasteiger partial charge in [-0.3, -0.25) is 0 Å². The number of ether oxygens (including phenoxy) is 1. The van der Waals surface area contributed by atoms with E-state index in [1.54, 1.807) is 7.11 Å². The normalized spacial score (nSPS) is 10.9. The highest BCUT2D eigenvalue weighted by Crippen LogP contribution is 2.24. The molecule has 0 saturated carbocycles. The van der Waals surface area contributed by atoms with Crippen LogP contribution in [0, 0.1) is 0 Å². The largest absolute Gasteiger partial charge is 0.380 e.